The Kier molecular flexibility index (Phi) is 2.82. The van der Waals surface area contributed by atoms with Crippen LogP contribution in [0.2, 0.25) is 0 Å². The van der Waals surface area contributed by atoms with Crippen molar-refractivity contribution in [3.63, 3.8) is 0 Å². The standard InChI is InChI=1S/C7H11N3O2/c1-2-3-5-4-8-7(11)9-6(5)10-12/h4,12H,2-3H2,1H3,(H2,8,9,10,11). The minimum Gasteiger partial charge on any atom is -0.290 e. The maximum atomic E-state index is 10.7. The van der Waals surface area contributed by atoms with Gasteiger partial charge in [0.2, 0.25) is 0 Å². The molecule has 0 amide bonds. The molecule has 0 saturated carbocycles. The molecule has 0 aliphatic rings. The number of hydrogen-bond acceptors (Lipinski definition) is 4. The summed E-state index contributed by atoms with van der Waals surface area (Å²) in [6.45, 7) is 2.01. The van der Waals surface area contributed by atoms with Crippen LogP contribution in [0.4, 0.5) is 5.82 Å². The fraction of sp³-hybridized carbons (Fsp3) is 0.429. The van der Waals surface area contributed by atoms with Crippen LogP contribution in [0.1, 0.15) is 18.9 Å². The molecule has 0 spiro atoms. The first-order valence-corrected chi connectivity index (χ1v) is 3.76. The first-order chi connectivity index (χ1) is 5.77. The van der Waals surface area contributed by atoms with Crippen LogP contribution < -0.4 is 11.2 Å². The van der Waals surface area contributed by atoms with Crippen LogP contribution in [-0.4, -0.2) is 15.2 Å². The zero-order chi connectivity index (χ0) is 8.97. The first-order valence-electron chi connectivity index (χ1n) is 3.76. The predicted octanol–water partition coefficient (Wildman–Crippen LogP) is 0.524. The van der Waals surface area contributed by atoms with Gasteiger partial charge in [-0.25, -0.2) is 9.78 Å². The Morgan fingerprint density at radius 1 is 1.75 bits per heavy atom. The van der Waals surface area contributed by atoms with Crippen molar-refractivity contribution in [3.8, 4) is 0 Å². The quantitative estimate of drug-likeness (QED) is 0.576. The van der Waals surface area contributed by atoms with Gasteiger partial charge in [0.1, 0.15) is 5.82 Å². The van der Waals surface area contributed by atoms with E-state index in [0.717, 1.165) is 18.4 Å². The number of aryl methyl sites for hydroxylation is 1. The molecule has 0 radical (unpaired) electrons. The van der Waals surface area contributed by atoms with Gasteiger partial charge in [0.15, 0.2) is 0 Å². The number of anilines is 1. The molecular formula is C7H11N3O2. The summed E-state index contributed by atoms with van der Waals surface area (Å²) in [5.74, 6) is 0.330. The van der Waals surface area contributed by atoms with Crippen LogP contribution in [0.15, 0.2) is 11.0 Å². The summed E-state index contributed by atoms with van der Waals surface area (Å²) < 4.78 is 0. The molecule has 0 aromatic carbocycles. The van der Waals surface area contributed by atoms with Gasteiger partial charge in [0.25, 0.3) is 0 Å². The summed E-state index contributed by atoms with van der Waals surface area (Å²) in [6, 6.07) is 0. The molecule has 0 unspecified atom stereocenters. The van der Waals surface area contributed by atoms with E-state index in [2.05, 4.69) is 9.97 Å². The van der Waals surface area contributed by atoms with Crippen LogP contribution in [0.25, 0.3) is 0 Å². The highest BCUT2D eigenvalue weighted by Crippen LogP contribution is 2.09. The molecule has 0 aliphatic carbocycles. The number of hydrogen-bond donors (Lipinski definition) is 3. The topological polar surface area (TPSA) is 78.0 Å². The SMILES string of the molecule is CCCc1cnc(=O)[nH]c1NO. The van der Waals surface area contributed by atoms with Gasteiger partial charge >= 0.3 is 5.69 Å². The highest BCUT2D eigenvalue weighted by atomic mass is 16.5. The lowest BCUT2D eigenvalue weighted by Gasteiger charge is -2.03. The summed E-state index contributed by atoms with van der Waals surface area (Å²) in [6.07, 6.45) is 3.16. The summed E-state index contributed by atoms with van der Waals surface area (Å²) in [5, 5.41) is 8.62. The second-order valence-electron chi connectivity index (χ2n) is 2.45. The van der Waals surface area contributed by atoms with Crippen LogP contribution in [-0.2, 0) is 6.42 Å². The number of H-pyrrole nitrogens is 1. The Labute approximate surface area is 69.4 Å². The van der Waals surface area contributed by atoms with Crippen molar-refractivity contribution in [2.24, 2.45) is 0 Å². The highest BCUT2D eigenvalue weighted by Gasteiger charge is 2.01. The van der Waals surface area contributed by atoms with Crippen LogP contribution in [0.5, 0.6) is 0 Å². The fourth-order valence-corrected chi connectivity index (χ4v) is 0.979. The van der Waals surface area contributed by atoms with Gasteiger partial charge in [-0.2, -0.15) is 0 Å². The van der Waals surface area contributed by atoms with Gasteiger partial charge in [-0.1, -0.05) is 13.3 Å². The Balaban J connectivity index is 3.02. The molecule has 1 rings (SSSR count). The Bertz CT molecular complexity index is 308. The zero-order valence-corrected chi connectivity index (χ0v) is 6.79. The average molecular weight is 169 g/mol. The van der Waals surface area contributed by atoms with Gasteiger partial charge < -0.3 is 0 Å². The monoisotopic (exact) mass is 169 g/mol. The number of aromatic nitrogens is 2. The molecular weight excluding hydrogens is 158 g/mol. The second kappa shape index (κ2) is 3.87. The van der Waals surface area contributed by atoms with Gasteiger partial charge in [-0.15, -0.1) is 0 Å². The molecule has 0 aliphatic heterocycles. The lowest BCUT2D eigenvalue weighted by atomic mass is 10.2. The third-order valence-electron chi connectivity index (χ3n) is 1.52. The summed E-state index contributed by atoms with van der Waals surface area (Å²) in [4.78, 5) is 16.6. The van der Waals surface area contributed by atoms with Crippen molar-refractivity contribution in [2.45, 2.75) is 19.8 Å². The van der Waals surface area contributed by atoms with E-state index in [0.29, 0.717) is 5.82 Å². The van der Waals surface area contributed by atoms with Crippen LogP contribution >= 0.6 is 0 Å². The number of rotatable bonds is 3. The Morgan fingerprint density at radius 2 is 2.50 bits per heavy atom. The van der Waals surface area contributed by atoms with E-state index >= 15 is 0 Å². The first kappa shape index (κ1) is 8.73. The molecule has 5 nitrogen and oxygen atoms in total. The molecule has 66 valence electrons. The molecule has 5 heteroatoms. The Hall–Kier alpha value is -1.36. The molecule has 1 heterocycles. The van der Waals surface area contributed by atoms with E-state index < -0.39 is 5.69 Å². The molecule has 0 saturated heterocycles. The molecule has 0 bridgehead atoms. The molecule has 1 aromatic rings. The lowest BCUT2D eigenvalue weighted by molar-refractivity contribution is 0.384. The maximum absolute atomic E-state index is 10.7. The summed E-state index contributed by atoms with van der Waals surface area (Å²) in [5.41, 5.74) is 2.26. The average Bonchev–Trinajstić information content (AvgIpc) is 2.08. The van der Waals surface area contributed by atoms with Crippen molar-refractivity contribution in [1.29, 1.82) is 0 Å². The smallest absolute Gasteiger partial charge is 0.290 e. The van der Waals surface area contributed by atoms with E-state index in [1.165, 1.54) is 6.20 Å². The number of nitrogens with zero attached hydrogens (tertiary/aromatic N) is 1. The molecule has 0 fully saturated rings. The predicted molar refractivity (Wildman–Crippen MR) is 44.3 cm³/mol. The van der Waals surface area contributed by atoms with Gasteiger partial charge in [0, 0.05) is 11.8 Å². The van der Waals surface area contributed by atoms with E-state index in [-0.39, 0.29) is 0 Å². The largest absolute Gasteiger partial charge is 0.346 e. The molecule has 0 atom stereocenters. The van der Waals surface area contributed by atoms with E-state index in [1.807, 2.05) is 12.4 Å². The van der Waals surface area contributed by atoms with Crippen molar-refractivity contribution in [2.75, 3.05) is 5.48 Å². The van der Waals surface area contributed by atoms with Gasteiger partial charge in [-0.05, 0) is 6.42 Å². The van der Waals surface area contributed by atoms with E-state index in [9.17, 15) is 4.79 Å². The maximum Gasteiger partial charge on any atom is 0.346 e. The Morgan fingerprint density at radius 3 is 3.08 bits per heavy atom. The van der Waals surface area contributed by atoms with Crippen molar-refractivity contribution < 1.29 is 5.21 Å². The minimum atomic E-state index is -0.466. The normalized spacial score (nSPS) is 9.83. The van der Waals surface area contributed by atoms with Crippen molar-refractivity contribution in [1.82, 2.24) is 9.97 Å². The van der Waals surface area contributed by atoms with Crippen LogP contribution in [0.3, 0.4) is 0 Å². The fourth-order valence-electron chi connectivity index (χ4n) is 0.979. The minimum absolute atomic E-state index is 0.330. The van der Waals surface area contributed by atoms with E-state index in [4.69, 9.17) is 5.21 Å². The van der Waals surface area contributed by atoms with Crippen LogP contribution in [0, 0.1) is 0 Å². The molecule has 12 heavy (non-hydrogen) atoms. The van der Waals surface area contributed by atoms with E-state index in [1.54, 1.807) is 0 Å². The zero-order valence-electron chi connectivity index (χ0n) is 6.79. The summed E-state index contributed by atoms with van der Waals surface area (Å²) in [7, 11) is 0. The number of aromatic amines is 1. The molecule has 3 N–H and O–H groups in total. The molecule has 1 aromatic heterocycles. The summed E-state index contributed by atoms with van der Waals surface area (Å²) >= 11 is 0. The number of nitrogens with one attached hydrogen (secondary N) is 2. The lowest BCUT2D eigenvalue weighted by Crippen LogP contribution is -2.14. The van der Waals surface area contributed by atoms with Crippen molar-refractivity contribution in [3.05, 3.63) is 22.2 Å². The third-order valence-corrected chi connectivity index (χ3v) is 1.52. The van der Waals surface area contributed by atoms with Gasteiger partial charge in [0.05, 0.1) is 0 Å². The highest BCUT2D eigenvalue weighted by molar-refractivity contribution is 5.39. The van der Waals surface area contributed by atoms with Gasteiger partial charge in [-0.3, -0.25) is 15.7 Å². The third kappa shape index (κ3) is 1.82. The van der Waals surface area contributed by atoms with Crippen molar-refractivity contribution >= 4 is 5.82 Å². The second-order valence-corrected chi connectivity index (χ2v) is 2.45.